The molecule has 0 unspecified atom stereocenters. The molecule has 0 bridgehead atoms. The molecule has 126 valence electrons. The molecular weight excluding hydrogens is 335 g/mol. The molecule has 0 spiro atoms. The standard InChI is InChI=1S/C20H17FN2OS/c1-4-11-23-17-10-7-15(13(2)3)12-18(17)25-20(23)22-19(24)14-5-8-16(21)9-6-14/h1,5-10,12-13H,11H2,2-3H3. The third-order valence-corrected chi connectivity index (χ3v) is 4.95. The third kappa shape index (κ3) is 3.54. The quantitative estimate of drug-likeness (QED) is 0.646. The summed E-state index contributed by atoms with van der Waals surface area (Å²) in [6.07, 6.45) is 5.48. The summed E-state index contributed by atoms with van der Waals surface area (Å²) < 4.78 is 15.9. The van der Waals surface area contributed by atoms with Gasteiger partial charge >= 0.3 is 0 Å². The van der Waals surface area contributed by atoms with Crippen molar-refractivity contribution >= 4 is 27.5 Å². The zero-order valence-electron chi connectivity index (χ0n) is 14.0. The molecule has 0 saturated heterocycles. The van der Waals surface area contributed by atoms with Gasteiger partial charge in [-0.25, -0.2) is 4.39 Å². The summed E-state index contributed by atoms with van der Waals surface area (Å²) in [7, 11) is 0. The van der Waals surface area contributed by atoms with Crippen LogP contribution in [-0.2, 0) is 6.54 Å². The van der Waals surface area contributed by atoms with Gasteiger partial charge in [-0.1, -0.05) is 37.2 Å². The number of fused-ring (bicyclic) bond motifs is 1. The first-order valence-electron chi connectivity index (χ1n) is 7.91. The monoisotopic (exact) mass is 352 g/mol. The molecule has 1 aromatic heterocycles. The minimum absolute atomic E-state index is 0.330. The first kappa shape index (κ1) is 17.1. The Morgan fingerprint density at radius 3 is 2.64 bits per heavy atom. The van der Waals surface area contributed by atoms with E-state index in [9.17, 15) is 9.18 Å². The van der Waals surface area contributed by atoms with Crippen LogP contribution in [0.5, 0.6) is 0 Å². The highest BCUT2D eigenvalue weighted by molar-refractivity contribution is 7.16. The summed E-state index contributed by atoms with van der Waals surface area (Å²) in [6, 6.07) is 11.5. The number of thiazole rings is 1. The number of nitrogens with zero attached hydrogens (tertiary/aromatic N) is 2. The lowest BCUT2D eigenvalue weighted by molar-refractivity contribution is 0.0998. The van der Waals surface area contributed by atoms with Crippen LogP contribution in [0.25, 0.3) is 10.2 Å². The Morgan fingerprint density at radius 1 is 1.28 bits per heavy atom. The van der Waals surface area contributed by atoms with Gasteiger partial charge in [-0.05, 0) is 47.9 Å². The minimum atomic E-state index is -0.415. The van der Waals surface area contributed by atoms with Crippen molar-refractivity contribution in [3.63, 3.8) is 0 Å². The van der Waals surface area contributed by atoms with Crippen LogP contribution in [-0.4, -0.2) is 10.5 Å². The predicted molar refractivity (Wildman–Crippen MR) is 99.0 cm³/mol. The molecule has 0 N–H and O–H groups in total. The van der Waals surface area contributed by atoms with E-state index in [-0.39, 0.29) is 5.82 Å². The molecule has 1 amide bonds. The van der Waals surface area contributed by atoms with E-state index >= 15 is 0 Å². The largest absolute Gasteiger partial charge is 0.305 e. The van der Waals surface area contributed by atoms with Crippen molar-refractivity contribution in [1.29, 1.82) is 0 Å². The van der Waals surface area contributed by atoms with E-state index in [0.717, 1.165) is 10.2 Å². The molecule has 1 heterocycles. The van der Waals surface area contributed by atoms with Crippen LogP contribution in [0, 0.1) is 18.2 Å². The van der Waals surface area contributed by atoms with Crippen molar-refractivity contribution < 1.29 is 9.18 Å². The minimum Gasteiger partial charge on any atom is -0.305 e. The van der Waals surface area contributed by atoms with Gasteiger partial charge in [0.15, 0.2) is 4.80 Å². The lowest BCUT2D eigenvalue weighted by Crippen LogP contribution is -2.16. The molecule has 0 atom stereocenters. The molecule has 3 rings (SSSR count). The maximum atomic E-state index is 13.0. The van der Waals surface area contributed by atoms with Gasteiger partial charge in [-0.3, -0.25) is 4.79 Å². The maximum absolute atomic E-state index is 13.0. The van der Waals surface area contributed by atoms with Crippen molar-refractivity contribution in [2.24, 2.45) is 4.99 Å². The van der Waals surface area contributed by atoms with E-state index in [1.165, 1.54) is 41.2 Å². The molecule has 25 heavy (non-hydrogen) atoms. The number of carbonyl (C=O) groups is 1. The molecule has 3 aromatic rings. The first-order chi connectivity index (χ1) is 12.0. The lowest BCUT2D eigenvalue weighted by Gasteiger charge is -2.05. The Kier molecular flexibility index (Phi) is 4.82. The van der Waals surface area contributed by atoms with E-state index in [4.69, 9.17) is 6.42 Å². The summed E-state index contributed by atoms with van der Waals surface area (Å²) in [4.78, 5) is 17.1. The van der Waals surface area contributed by atoms with Crippen molar-refractivity contribution in [2.45, 2.75) is 26.3 Å². The van der Waals surface area contributed by atoms with E-state index in [1.807, 2.05) is 10.6 Å². The molecule has 0 aliphatic heterocycles. The Labute approximate surface area is 149 Å². The van der Waals surface area contributed by atoms with Gasteiger partial charge in [-0.15, -0.1) is 6.42 Å². The van der Waals surface area contributed by atoms with Crippen molar-refractivity contribution in [2.75, 3.05) is 0 Å². The highest BCUT2D eigenvalue weighted by atomic mass is 32.1. The fourth-order valence-electron chi connectivity index (χ4n) is 2.52. The second kappa shape index (κ2) is 7.04. The summed E-state index contributed by atoms with van der Waals surface area (Å²) in [5, 5.41) is 0. The van der Waals surface area contributed by atoms with E-state index in [1.54, 1.807) is 0 Å². The van der Waals surface area contributed by atoms with Crippen molar-refractivity contribution in [3.8, 4) is 12.3 Å². The highest BCUT2D eigenvalue weighted by Crippen LogP contribution is 2.23. The van der Waals surface area contributed by atoms with Crippen molar-refractivity contribution in [3.05, 3.63) is 64.2 Å². The Morgan fingerprint density at radius 2 is 2.00 bits per heavy atom. The molecular formula is C20H17FN2OS. The van der Waals surface area contributed by atoms with Gasteiger partial charge in [0.25, 0.3) is 5.91 Å². The summed E-state index contributed by atoms with van der Waals surface area (Å²) in [6.45, 7) is 4.60. The number of rotatable bonds is 3. The van der Waals surface area contributed by atoms with Gasteiger partial charge in [-0.2, -0.15) is 4.99 Å². The van der Waals surface area contributed by atoms with Gasteiger partial charge in [0, 0.05) is 5.56 Å². The SMILES string of the molecule is C#CCn1c(=NC(=O)c2ccc(F)cc2)sc2cc(C(C)C)ccc21. The molecule has 2 aromatic carbocycles. The molecule has 0 radical (unpaired) electrons. The topological polar surface area (TPSA) is 34.4 Å². The van der Waals surface area contributed by atoms with Gasteiger partial charge in [0.05, 0.1) is 16.8 Å². The van der Waals surface area contributed by atoms with Crippen LogP contribution in [0.3, 0.4) is 0 Å². The fourth-order valence-corrected chi connectivity index (χ4v) is 3.60. The van der Waals surface area contributed by atoms with E-state index in [0.29, 0.717) is 22.8 Å². The van der Waals surface area contributed by atoms with Crippen LogP contribution >= 0.6 is 11.3 Å². The van der Waals surface area contributed by atoms with Crippen LogP contribution in [0.1, 0.15) is 35.7 Å². The van der Waals surface area contributed by atoms with Crippen LogP contribution in [0.2, 0.25) is 0 Å². The number of terminal acetylenes is 1. The van der Waals surface area contributed by atoms with Gasteiger partial charge < -0.3 is 4.57 Å². The number of hydrogen-bond acceptors (Lipinski definition) is 2. The Hall–Kier alpha value is -2.71. The summed E-state index contributed by atoms with van der Waals surface area (Å²) in [5.41, 5.74) is 2.52. The molecule has 3 nitrogen and oxygen atoms in total. The second-order valence-electron chi connectivity index (χ2n) is 5.98. The molecule has 0 fully saturated rings. The smallest absolute Gasteiger partial charge is 0.279 e. The van der Waals surface area contributed by atoms with Gasteiger partial charge in [0.1, 0.15) is 5.82 Å². The van der Waals surface area contributed by atoms with Crippen LogP contribution in [0.4, 0.5) is 4.39 Å². The third-order valence-electron chi connectivity index (χ3n) is 3.91. The Bertz CT molecular complexity index is 1040. The summed E-state index contributed by atoms with van der Waals surface area (Å²) in [5.74, 6) is 2.22. The Balaban J connectivity index is 2.13. The second-order valence-corrected chi connectivity index (χ2v) is 6.99. The average Bonchev–Trinajstić information content (AvgIpc) is 2.92. The number of benzene rings is 2. The number of halogens is 1. The highest BCUT2D eigenvalue weighted by Gasteiger charge is 2.10. The predicted octanol–water partition coefficient (Wildman–Crippen LogP) is 4.34. The molecule has 5 heteroatoms. The molecule has 0 aliphatic rings. The zero-order valence-corrected chi connectivity index (χ0v) is 14.8. The molecule has 0 aliphatic carbocycles. The van der Waals surface area contributed by atoms with Gasteiger partial charge in [0.2, 0.25) is 0 Å². The number of carbonyl (C=O) groups excluding carboxylic acids is 1. The van der Waals surface area contributed by atoms with E-state index in [2.05, 4.69) is 36.9 Å². The zero-order chi connectivity index (χ0) is 18.0. The number of amides is 1. The average molecular weight is 352 g/mol. The van der Waals surface area contributed by atoms with Crippen molar-refractivity contribution in [1.82, 2.24) is 4.57 Å². The maximum Gasteiger partial charge on any atom is 0.279 e. The number of hydrogen-bond donors (Lipinski definition) is 0. The summed E-state index contributed by atoms with van der Waals surface area (Å²) >= 11 is 1.43. The fraction of sp³-hybridized carbons (Fsp3) is 0.200. The number of aromatic nitrogens is 1. The van der Waals surface area contributed by atoms with Crippen LogP contribution in [0.15, 0.2) is 47.5 Å². The van der Waals surface area contributed by atoms with E-state index < -0.39 is 5.91 Å². The first-order valence-corrected chi connectivity index (χ1v) is 8.72. The lowest BCUT2D eigenvalue weighted by atomic mass is 10.0. The normalized spacial score (nSPS) is 11.9. The van der Waals surface area contributed by atoms with Crippen LogP contribution < -0.4 is 4.80 Å². The molecule has 0 saturated carbocycles.